The maximum atomic E-state index is 12.8. The third-order valence-corrected chi connectivity index (χ3v) is 4.00. The van der Waals surface area contributed by atoms with Crippen molar-refractivity contribution in [1.82, 2.24) is 0 Å². The van der Waals surface area contributed by atoms with Gasteiger partial charge in [0.1, 0.15) is 5.75 Å². The van der Waals surface area contributed by atoms with E-state index in [4.69, 9.17) is 0 Å². The number of phenols is 1. The standard InChI is InChI=1S/C19H22O2/c1-13(2)14-5-7-15(8-6-14)18(21)19(3,4)16-9-11-17(20)12-10-16/h5-13,20H,1-4H3. The lowest BCUT2D eigenvalue weighted by atomic mass is 9.78. The van der Waals surface area contributed by atoms with E-state index in [0.717, 1.165) is 11.1 Å². The molecule has 2 aromatic rings. The van der Waals surface area contributed by atoms with E-state index in [2.05, 4.69) is 13.8 Å². The van der Waals surface area contributed by atoms with Crippen molar-refractivity contribution in [2.75, 3.05) is 0 Å². The number of carbonyl (C=O) groups excluding carboxylic acids is 1. The van der Waals surface area contributed by atoms with Crippen LogP contribution in [0.4, 0.5) is 0 Å². The summed E-state index contributed by atoms with van der Waals surface area (Å²) in [4.78, 5) is 12.8. The number of benzene rings is 2. The number of phenolic OH excluding ortho intramolecular Hbond substituents is 1. The van der Waals surface area contributed by atoms with Gasteiger partial charge < -0.3 is 5.11 Å². The third kappa shape index (κ3) is 3.15. The monoisotopic (exact) mass is 282 g/mol. The minimum atomic E-state index is -0.618. The van der Waals surface area contributed by atoms with Gasteiger partial charge in [-0.15, -0.1) is 0 Å². The van der Waals surface area contributed by atoms with Gasteiger partial charge in [0.05, 0.1) is 5.41 Å². The van der Waals surface area contributed by atoms with Crippen LogP contribution >= 0.6 is 0 Å². The lowest BCUT2D eigenvalue weighted by Crippen LogP contribution is -2.29. The van der Waals surface area contributed by atoms with E-state index in [1.165, 1.54) is 5.56 Å². The van der Waals surface area contributed by atoms with Crippen LogP contribution in [-0.2, 0) is 5.41 Å². The highest BCUT2D eigenvalue weighted by atomic mass is 16.3. The largest absolute Gasteiger partial charge is 0.508 e. The van der Waals surface area contributed by atoms with Crippen LogP contribution in [0.1, 0.15) is 55.1 Å². The summed E-state index contributed by atoms with van der Waals surface area (Å²) in [6.07, 6.45) is 0. The topological polar surface area (TPSA) is 37.3 Å². The molecule has 0 aromatic heterocycles. The van der Waals surface area contributed by atoms with Crippen molar-refractivity contribution < 1.29 is 9.90 Å². The average molecular weight is 282 g/mol. The number of hydrogen-bond donors (Lipinski definition) is 1. The smallest absolute Gasteiger partial charge is 0.172 e. The van der Waals surface area contributed by atoms with Crippen molar-refractivity contribution in [1.29, 1.82) is 0 Å². The van der Waals surface area contributed by atoms with Gasteiger partial charge in [0, 0.05) is 5.56 Å². The molecular weight excluding hydrogens is 260 g/mol. The zero-order chi connectivity index (χ0) is 15.6. The fraction of sp³-hybridized carbons (Fsp3) is 0.316. The molecule has 2 rings (SSSR count). The first-order valence-electron chi connectivity index (χ1n) is 7.26. The third-order valence-electron chi connectivity index (χ3n) is 4.00. The van der Waals surface area contributed by atoms with Gasteiger partial charge in [-0.1, -0.05) is 50.2 Å². The maximum absolute atomic E-state index is 12.8. The Morgan fingerprint density at radius 1 is 0.952 bits per heavy atom. The van der Waals surface area contributed by atoms with Crippen LogP contribution in [0.25, 0.3) is 0 Å². The summed E-state index contributed by atoms with van der Waals surface area (Å²) < 4.78 is 0. The second-order valence-electron chi connectivity index (χ2n) is 6.28. The fourth-order valence-electron chi connectivity index (χ4n) is 2.39. The van der Waals surface area contributed by atoms with E-state index in [0.29, 0.717) is 5.92 Å². The summed E-state index contributed by atoms with van der Waals surface area (Å²) in [6.45, 7) is 8.10. The molecule has 0 bridgehead atoms. The molecule has 2 aromatic carbocycles. The maximum Gasteiger partial charge on any atom is 0.172 e. The zero-order valence-electron chi connectivity index (χ0n) is 13.1. The van der Waals surface area contributed by atoms with E-state index in [9.17, 15) is 9.90 Å². The van der Waals surface area contributed by atoms with Gasteiger partial charge in [0.25, 0.3) is 0 Å². The molecule has 0 unspecified atom stereocenters. The van der Waals surface area contributed by atoms with E-state index in [1.807, 2.05) is 38.1 Å². The summed E-state index contributed by atoms with van der Waals surface area (Å²) in [7, 11) is 0. The predicted molar refractivity (Wildman–Crippen MR) is 86.0 cm³/mol. The Labute approximate surface area is 126 Å². The zero-order valence-corrected chi connectivity index (χ0v) is 13.1. The highest BCUT2D eigenvalue weighted by Gasteiger charge is 2.30. The summed E-state index contributed by atoms with van der Waals surface area (Å²) in [6, 6.07) is 14.7. The van der Waals surface area contributed by atoms with E-state index in [-0.39, 0.29) is 11.5 Å². The van der Waals surface area contributed by atoms with E-state index in [1.54, 1.807) is 24.3 Å². The Bertz CT molecular complexity index is 620. The summed E-state index contributed by atoms with van der Waals surface area (Å²) >= 11 is 0. The first-order valence-corrected chi connectivity index (χ1v) is 7.26. The van der Waals surface area contributed by atoms with Crippen molar-refractivity contribution in [3.8, 4) is 5.75 Å². The Kier molecular flexibility index (Phi) is 4.17. The van der Waals surface area contributed by atoms with Crippen LogP contribution in [0.3, 0.4) is 0 Å². The van der Waals surface area contributed by atoms with Crippen molar-refractivity contribution >= 4 is 5.78 Å². The van der Waals surface area contributed by atoms with Crippen molar-refractivity contribution in [2.45, 2.75) is 39.0 Å². The first kappa shape index (κ1) is 15.3. The Morgan fingerprint density at radius 2 is 1.48 bits per heavy atom. The number of rotatable bonds is 4. The molecule has 21 heavy (non-hydrogen) atoms. The van der Waals surface area contributed by atoms with Crippen LogP contribution in [-0.4, -0.2) is 10.9 Å². The van der Waals surface area contributed by atoms with E-state index < -0.39 is 5.41 Å². The highest BCUT2D eigenvalue weighted by Crippen LogP contribution is 2.29. The molecule has 0 atom stereocenters. The van der Waals surface area contributed by atoms with Gasteiger partial charge in [-0.25, -0.2) is 0 Å². The number of Topliss-reactive ketones (excluding diaryl/α,β-unsaturated/α-hetero) is 1. The average Bonchev–Trinajstić information content (AvgIpc) is 2.47. The van der Waals surface area contributed by atoms with Crippen LogP contribution < -0.4 is 0 Å². The second-order valence-corrected chi connectivity index (χ2v) is 6.28. The molecule has 0 radical (unpaired) electrons. The van der Waals surface area contributed by atoms with Crippen LogP contribution in [0.5, 0.6) is 5.75 Å². The summed E-state index contributed by atoms with van der Waals surface area (Å²) in [5, 5.41) is 9.38. The molecule has 2 nitrogen and oxygen atoms in total. The van der Waals surface area contributed by atoms with Crippen molar-refractivity contribution in [2.24, 2.45) is 0 Å². The van der Waals surface area contributed by atoms with Gasteiger partial charge in [-0.2, -0.15) is 0 Å². The normalized spacial score (nSPS) is 11.7. The lowest BCUT2D eigenvalue weighted by molar-refractivity contribution is 0.0908. The molecule has 0 saturated carbocycles. The Hall–Kier alpha value is -2.09. The van der Waals surface area contributed by atoms with Gasteiger partial charge in [0.15, 0.2) is 5.78 Å². The van der Waals surface area contributed by atoms with Crippen LogP contribution in [0.15, 0.2) is 48.5 Å². The van der Waals surface area contributed by atoms with Gasteiger partial charge >= 0.3 is 0 Å². The number of aromatic hydroxyl groups is 1. The molecule has 0 amide bonds. The molecular formula is C19H22O2. The molecule has 110 valence electrons. The first-order chi connectivity index (χ1) is 9.82. The summed E-state index contributed by atoms with van der Waals surface area (Å²) in [5.41, 5.74) is 2.23. The highest BCUT2D eigenvalue weighted by molar-refractivity contribution is 6.03. The minimum absolute atomic E-state index is 0.0866. The van der Waals surface area contributed by atoms with Crippen molar-refractivity contribution in [3.05, 3.63) is 65.2 Å². The second kappa shape index (κ2) is 5.72. The predicted octanol–water partition coefficient (Wildman–Crippen LogP) is 4.68. The molecule has 0 aliphatic carbocycles. The number of carbonyl (C=O) groups is 1. The Morgan fingerprint density at radius 3 is 1.95 bits per heavy atom. The number of hydrogen-bond acceptors (Lipinski definition) is 2. The van der Waals surface area contributed by atoms with Crippen molar-refractivity contribution in [3.63, 3.8) is 0 Å². The molecule has 0 heterocycles. The Balaban J connectivity index is 2.31. The van der Waals surface area contributed by atoms with Gasteiger partial charge in [-0.05, 0) is 43.0 Å². The van der Waals surface area contributed by atoms with Gasteiger partial charge in [-0.3, -0.25) is 4.79 Å². The quantitative estimate of drug-likeness (QED) is 0.827. The van der Waals surface area contributed by atoms with E-state index >= 15 is 0 Å². The molecule has 1 N–H and O–H groups in total. The molecule has 0 spiro atoms. The van der Waals surface area contributed by atoms with Gasteiger partial charge in [0.2, 0.25) is 0 Å². The van der Waals surface area contributed by atoms with Crippen LogP contribution in [0.2, 0.25) is 0 Å². The minimum Gasteiger partial charge on any atom is -0.508 e. The fourth-order valence-corrected chi connectivity index (χ4v) is 2.39. The molecule has 0 fully saturated rings. The molecule has 0 aliphatic rings. The molecule has 0 saturated heterocycles. The lowest BCUT2D eigenvalue weighted by Gasteiger charge is -2.24. The summed E-state index contributed by atoms with van der Waals surface area (Å²) in [5.74, 6) is 0.756. The molecule has 2 heteroatoms. The SMILES string of the molecule is CC(C)c1ccc(C(=O)C(C)(C)c2ccc(O)cc2)cc1. The number of ketones is 1. The van der Waals surface area contributed by atoms with Crippen LogP contribution in [0, 0.1) is 0 Å². The molecule has 0 aliphatic heterocycles.